The van der Waals surface area contributed by atoms with E-state index in [1.807, 2.05) is 61.5 Å². The Morgan fingerprint density at radius 1 is 0.972 bits per heavy atom. The molecule has 0 aliphatic carbocycles. The van der Waals surface area contributed by atoms with Crippen molar-refractivity contribution in [2.75, 3.05) is 18.9 Å². The molecular weight excluding hydrogens is 541 g/mol. The Labute approximate surface area is 230 Å². The number of tetrazole rings is 1. The standard InChI is InChI=1S/C25H25Cl2N5O2S.ClH/c1-2-33-23-10-6-7-18(24(23)34-17-19-11-12-20(26)15-22(19)27)16-28-13-14-35-25-29-30-31-32(25)21-8-4-3-5-9-21;/h3-12,15,28H,2,13-14,16-17H2,1H3;1H. The number of ether oxygens (including phenoxy) is 2. The molecule has 1 heterocycles. The van der Waals surface area contributed by atoms with E-state index < -0.39 is 0 Å². The quantitative estimate of drug-likeness (QED) is 0.160. The lowest BCUT2D eigenvalue weighted by atomic mass is 10.1. The van der Waals surface area contributed by atoms with Crippen molar-refractivity contribution in [1.82, 2.24) is 25.5 Å². The fourth-order valence-corrected chi connectivity index (χ4v) is 4.61. The summed E-state index contributed by atoms with van der Waals surface area (Å²) in [5, 5.41) is 17.4. The van der Waals surface area contributed by atoms with Crippen LogP contribution in [0.5, 0.6) is 11.5 Å². The average molecular weight is 567 g/mol. The van der Waals surface area contributed by atoms with Crippen molar-refractivity contribution in [3.05, 3.63) is 87.9 Å². The molecule has 0 aliphatic heterocycles. The number of aromatic nitrogens is 4. The van der Waals surface area contributed by atoms with Crippen LogP contribution in [0.3, 0.4) is 0 Å². The van der Waals surface area contributed by atoms with Crippen LogP contribution < -0.4 is 14.8 Å². The molecule has 36 heavy (non-hydrogen) atoms. The Bertz CT molecular complexity index is 1240. The highest BCUT2D eigenvalue weighted by molar-refractivity contribution is 7.99. The molecule has 0 radical (unpaired) electrons. The van der Waals surface area contributed by atoms with Gasteiger partial charge in [-0.1, -0.05) is 71.4 Å². The lowest BCUT2D eigenvalue weighted by Gasteiger charge is -2.17. The molecule has 0 fully saturated rings. The Hall–Kier alpha value is -2.49. The minimum absolute atomic E-state index is 0. The van der Waals surface area contributed by atoms with Crippen molar-refractivity contribution < 1.29 is 9.47 Å². The van der Waals surface area contributed by atoms with Crippen molar-refractivity contribution >= 4 is 47.4 Å². The molecule has 0 bridgehead atoms. The Balaban J connectivity index is 0.00000361. The number of nitrogens with one attached hydrogen (secondary N) is 1. The number of hydrogen-bond acceptors (Lipinski definition) is 7. The first-order valence-electron chi connectivity index (χ1n) is 11.1. The number of rotatable bonds is 12. The second-order valence-corrected chi connectivity index (χ2v) is 9.34. The summed E-state index contributed by atoms with van der Waals surface area (Å²) in [7, 11) is 0. The Morgan fingerprint density at radius 3 is 2.58 bits per heavy atom. The maximum absolute atomic E-state index is 6.32. The third-order valence-corrected chi connectivity index (χ3v) is 6.52. The summed E-state index contributed by atoms with van der Waals surface area (Å²) in [4.78, 5) is 0. The molecule has 0 saturated heterocycles. The number of halogens is 3. The van der Waals surface area contributed by atoms with Crippen LogP contribution in [0.25, 0.3) is 5.69 Å². The van der Waals surface area contributed by atoms with Crippen LogP contribution in [-0.2, 0) is 13.2 Å². The largest absolute Gasteiger partial charge is 0.490 e. The second kappa shape index (κ2) is 14.3. The Kier molecular flexibility index (Phi) is 11.2. The summed E-state index contributed by atoms with van der Waals surface area (Å²) in [6.45, 7) is 4.18. The van der Waals surface area contributed by atoms with E-state index in [1.54, 1.807) is 28.6 Å². The summed E-state index contributed by atoms with van der Waals surface area (Å²) in [5.74, 6) is 2.21. The zero-order chi connectivity index (χ0) is 24.5. The van der Waals surface area contributed by atoms with E-state index in [0.717, 1.165) is 34.3 Å². The lowest BCUT2D eigenvalue weighted by molar-refractivity contribution is 0.266. The van der Waals surface area contributed by atoms with Crippen LogP contribution in [0.1, 0.15) is 18.1 Å². The maximum atomic E-state index is 6.32. The molecule has 1 aromatic heterocycles. The zero-order valence-electron chi connectivity index (χ0n) is 19.6. The van der Waals surface area contributed by atoms with Gasteiger partial charge >= 0.3 is 0 Å². The lowest BCUT2D eigenvalue weighted by Crippen LogP contribution is -2.18. The zero-order valence-corrected chi connectivity index (χ0v) is 22.7. The van der Waals surface area contributed by atoms with E-state index in [4.69, 9.17) is 32.7 Å². The molecule has 7 nitrogen and oxygen atoms in total. The van der Waals surface area contributed by atoms with Crippen molar-refractivity contribution in [1.29, 1.82) is 0 Å². The monoisotopic (exact) mass is 565 g/mol. The van der Waals surface area contributed by atoms with E-state index in [2.05, 4.69) is 20.8 Å². The van der Waals surface area contributed by atoms with Crippen molar-refractivity contribution in [3.8, 4) is 17.2 Å². The smallest absolute Gasteiger partial charge is 0.214 e. The summed E-state index contributed by atoms with van der Waals surface area (Å²) in [6.07, 6.45) is 0. The third kappa shape index (κ3) is 7.51. The molecule has 0 unspecified atom stereocenters. The van der Waals surface area contributed by atoms with Crippen LogP contribution in [0.15, 0.2) is 71.9 Å². The fraction of sp³-hybridized carbons (Fsp3) is 0.240. The number of thioether (sulfide) groups is 1. The van der Waals surface area contributed by atoms with Crippen molar-refractivity contribution in [3.63, 3.8) is 0 Å². The SMILES string of the molecule is CCOc1cccc(CNCCSc2nnnn2-c2ccccc2)c1OCc1ccc(Cl)cc1Cl.Cl. The molecule has 4 aromatic rings. The van der Waals surface area contributed by atoms with Crippen LogP contribution in [0.2, 0.25) is 10.0 Å². The van der Waals surface area contributed by atoms with Gasteiger partial charge in [-0.25, -0.2) is 0 Å². The average Bonchev–Trinajstić information content (AvgIpc) is 3.33. The molecule has 190 valence electrons. The second-order valence-electron chi connectivity index (χ2n) is 7.44. The first-order valence-corrected chi connectivity index (χ1v) is 12.9. The van der Waals surface area contributed by atoms with Crippen LogP contribution >= 0.6 is 47.4 Å². The summed E-state index contributed by atoms with van der Waals surface area (Å²) in [6, 6.07) is 21.1. The minimum Gasteiger partial charge on any atom is -0.490 e. The van der Waals surface area contributed by atoms with Gasteiger partial charge in [0.05, 0.1) is 12.3 Å². The van der Waals surface area contributed by atoms with E-state index in [1.165, 1.54) is 0 Å². The van der Waals surface area contributed by atoms with Gasteiger partial charge in [-0.05, 0) is 47.7 Å². The first kappa shape index (κ1) is 28.1. The molecule has 1 N–H and O–H groups in total. The van der Waals surface area contributed by atoms with Gasteiger partial charge in [-0.15, -0.1) is 17.5 Å². The number of nitrogens with zero attached hydrogens (tertiary/aromatic N) is 4. The summed E-state index contributed by atoms with van der Waals surface area (Å²) >= 11 is 13.9. The molecule has 0 saturated carbocycles. The molecule has 0 aliphatic rings. The molecule has 4 rings (SSSR count). The Morgan fingerprint density at radius 2 is 1.81 bits per heavy atom. The number of hydrogen-bond donors (Lipinski definition) is 1. The van der Waals surface area contributed by atoms with Crippen molar-refractivity contribution in [2.45, 2.75) is 25.2 Å². The molecule has 0 atom stereocenters. The van der Waals surface area contributed by atoms with Gasteiger partial charge in [0.15, 0.2) is 11.5 Å². The number of benzene rings is 3. The van der Waals surface area contributed by atoms with Gasteiger partial charge in [-0.3, -0.25) is 0 Å². The molecular formula is C25H26Cl3N5O2S. The molecule has 3 aromatic carbocycles. The van der Waals surface area contributed by atoms with Gasteiger partial charge in [0.1, 0.15) is 6.61 Å². The predicted octanol–water partition coefficient (Wildman–Crippen LogP) is 6.25. The number of para-hydroxylation sites is 2. The predicted molar refractivity (Wildman–Crippen MR) is 147 cm³/mol. The minimum atomic E-state index is 0. The van der Waals surface area contributed by atoms with Gasteiger partial charge in [0.2, 0.25) is 5.16 Å². The summed E-state index contributed by atoms with van der Waals surface area (Å²) in [5.41, 5.74) is 2.79. The van der Waals surface area contributed by atoms with Gasteiger partial charge in [-0.2, -0.15) is 4.68 Å². The van der Waals surface area contributed by atoms with Crippen LogP contribution in [-0.4, -0.2) is 39.1 Å². The van der Waals surface area contributed by atoms with E-state index in [0.29, 0.717) is 41.3 Å². The highest BCUT2D eigenvalue weighted by atomic mass is 35.5. The van der Waals surface area contributed by atoms with E-state index in [-0.39, 0.29) is 12.4 Å². The molecule has 11 heteroatoms. The normalized spacial score (nSPS) is 10.6. The highest BCUT2D eigenvalue weighted by Crippen LogP contribution is 2.33. The molecule has 0 amide bonds. The fourth-order valence-electron chi connectivity index (χ4n) is 3.36. The third-order valence-electron chi connectivity index (χ3n) is 5.01. The topological polar surface area (TPSA) is 74.1 Å². The highest BCUT2D eigenvalue weighted by Gasteiger charge is 2.13. The maximum Gasteiger partial charge on any atom is 0.214 e. The van der Waals surface area contributed by atoms with Gasteiger partial charge in [0, 0.05) is 40.0 Å². The van der Waals surface area contributed by atoms with Crippen LogP contribution in [0, 0.1) is 0 Å². The first-order chi connectivity index (χ1) is 17.2. The van der Waals surface area contributed by atoms with Gasteiger partial charge < -0.3 is 14.8 Å². The van der Waals surface area contributed by atoms with Crippen molar-refractivity contribution in [2.24, 2.45) is 0 Å². The molecule has 0 spiro atoms. The summed E-state index contributed by atoms with van der Waals surface area (Å²) < 4.78 is 13.7. The van der Waals surface area contributed by atoms with E-state index in [9.17, 15) is 0 Å². The van der Waals surface area contributed by atoms with Gasteiger partial charge in [0.25, 0.3) is 0 Å². The van der Waals surface area contributed by atoms with E-state index >= 15 is 0 Å². The van der Waals surface area contributed by atoms with Crippen LogP contribution in [0.4, 0.5) is 0 Å².